The number of carboxylic acid groups (broad SMARTS) is 1. The zero-order valence-corrected chi connectivity index (χ0v) is 10.4. The largest absolute Gasteiger partial charge is 0.479 e. The van der Waals surface area contributed by atoms with Gasteiger partial charge >= 0.3 is 5.97 Å². The maximum absolute atomic E-state index is 11.4. The fourth-order valence-corrected chi connectivity index (χ4v) is 2.67. The second kappa shape index (κ2) is 5.12. The first-order valence-corrected chi connectivity index (χ1v) is 5.91. The van der Waals surface area contributed by atoms with Crippen molar-refractivity contribution < 1.29 is 14.7 Å². The van der Waals surface area contributed by atoms with Crippen LogP contribution in [-0.4, -0.2) is 28.4 Å². The fraction of sp³-hybridized carbons (Fsp3) is 0.455. The maximum atomic E-state index is 11.4. The van der Waals surface area contributed by atoms with Gasteiger partial charge in [-0.2, -0.15) is 0 Å². The number of hydrogen-bond donors (Lipinski definition) is 1. The van der Waals surface area contributed by atoms with Gasteiger partial charge in [-0.1, -0.05) is 0 Å². The minimum absolute atomic E-state index is 0.220. The van der Waals surface area contributed by atoms with Gasteiger partial charge in [0.25, 0.3) is 0 Å². The first-order valence-electron chi connectivity index (χ1n) is 5.03. The van der Waals surface area contributed by atoms with Gasteiger partial charge in [0.15, 0.2) is 6.04 Å². The highest BCUT2D eigenvalue weighted by Gasteiger charge is 2.30. The number of carboxylic acids is 1. The zero-order chi connectivity index (χ0) is 12.3. The number of carbonyl (C=O) groups excluding carboxylic acids is 1. The van der Waals surface area contributed by atoms with Crippen LogP contribution in [0, 0.1) is 6.92 Å². The molecule has 1 aromatic heterocycles. The Hall–Kier alpha value is -1.36. The van der Waals surface area contributed by atoms with E-state index >= 15 is 0 Å². The molecule has 1 unspecified atom stereocenters. The SMILES string of the molecule is CCN(C(C)=O)C(C(=O)O)c1sccc1C. The molecule has 5 heteroatoms. The van der Waals surface area contributed by atoms with Gasteiger partial charge in [-0.15, -0.1) is 11.3 Å². The van der Waals surface area contributed by atoms with Crippen molar-refractivity contribution in [3.05, 3.63) is 21.9 Å². The van der Waals surface area contributed by atoms with E-state index in [2.05, 4.69) is 0 Å². The Morgan fingerprint density at radius 3 is 2.50 bits per heavy atom. The molecule has 0 saturated carbocycles. The lowest BCUT2D eigenvalue weighted by atomic mass is 10.1. The summed E-state index contributed by atoms with van der Waals surface area (Å²) in [6, 6.07) is 1.01. The van der Waals surface area contributed by atoms with Crippen LogP contribution in [0.15, 0.2) is 11.4 Å². The Bertz CT molecular complexity index is 400. The average molecular weight is 241 g/mol. The van der Waals surface area contributed by atoms with Gasteiger partial charge in [0, 0.05) is 18.3 Å². The van der Waals surface area contributed by atoms with Crippen molar-refractivity contribution in [3.63, 3.8) is 0 Å². The number of thiophene rings is 1. The van der Waals surface area contributed by atoms with Crippen molar-refractivity contribution in [3.8, 4) is 0 Å². The Balaban J connectivity index is 3.14. The minimum Gasteiger partial charge on any atom is -0.479 e. The second-order valence-electron chi connectivity index (χ2n) is 3.51. The van der Waals surface area contributed by atoms with Crippen LogP contribution in [0.4, 0.5) is 0 Å². The third kappa shape index (κ3) is 2.41. The number of aryl methyl sites for hydroxylation is 1. The highest BCUT2D eigenvalue weighted by molar-refractivity contribution is 7.10. The van der Waals surface area contributed by atoms with Crippen LogP contribution in [0.3, 0.4) is 0 Å². The third-order valence-electron chi connectivity index (χ3n) is 2.44. The predicted molar refractivity (Wildman–Crippen MR) is 62.5 cm³/mol. The lowest BCUT2D eigenvalue weighted by molar-refractivity contribution is -0.149. The van der Waals surface area contributed by atoms with Crippen molar-refractivity contribution in [2.24, 2.45) is 0 Å². The maximum Gasteiger partial charge on any atom is 0.331 e. The number of aliphatic carboxylic acids is 1. The number of nitrogens with zero attached hydrogens (tertiary/aromatic N) is 1. The number of rotatable bonds is 4. The summed E-state index contributed by atoms with van der Waals surface area (Å²) in [5.74, 6) is -1.20. The van der Waals surface area contributed by atoms with E-state index < -0.39 is 12.0 Å². The van der Waals surface area contributed by atoms with Gasteiger partial charge in [-0.25, -0.2) is 4.79 Å². The lowest BCUT2D eigenvalue weighted by Gasteiger charge is -2.26. The van der Waals surface area contributed by atoms with Crippen molar-refractivity contribution in [2.75, 3.05) is 6.54 Å². The summed E-state index contributed by atoms with van der Waals surface area (Å²) in [4.78, 5) is 24.8. The van der Waals surface area contributed by atoms with E-state index in [-0.39, 0.29) is 5.91 Å². The molecule has 4 nitrogen and oxygen atoms in total. The number of amides is 1. The molecule has 1 atom stereocenters. The average Bonchev–Trinajstić information content (AvgIpc) is 2.59. The molecule has 0 radical (unpaired) electrons. The molecule has 1 N–H and O–H groups in total. The third-order valence-corrected chi connectivity index (χ3v) is 3.51. The molecule has 0 bridgehead atoms. The quantitative estimate of drug-likeness (QED) is 0.877. The van der Waals surface area contributed by atoms with Gasteiger partial charge in [0.2, 0.25) is 5.91 Å². The van der Waals surface area contributed by atoms with E-state index in [1.807, 2.05) is 18.4 Å². The Morgan fingerprint density at radius 1 is 1.56 bits per heavy atom. The molecule has 0 saturated heterocycles. The minimum atomic E-state index is -0.984. The molecular weight excluding hydrogens is 226 g/mol. The summed E-state index contributed by atoms with van der Waals surface area (Å²) in [6.07, 6.45) is 0. The van der Waals surface area contributed by atoms with Crippen molar-refractivity contribution >= 4 is 23.2 Å². The topological polar surface area (TPSA) is 57.6 Å². The van der Waals surface area contributed by atoms with Gasteiger partial charge in [-0.05, 0) is 30.9 Å². The van der Waals surface area contributed by atoms with E-state index in [0.29, 0.717) is 6.54 Å². The summed E-state index contributed by atoms with van der Waals surface area (Å²) in [5.41, 5.74) is 0.914. The Kier molecular flexibility index (Phi) is 4.06. The lowest BCUT2D eigenvalue weighted by Crippen LogP contribution is -2.37. The zero-order valence-electron chi connectivity index (χ0n) is 9.56. The van der Waals surface area contributed by atoms with Gasteiger partial charge < -0.3 is 10.0 Å². The molecule has 1 rings (SSSR count). The molecule has 0 spiro atoms. The summed E-state index contributed by atoms with van der Waals surface area (Å²) in [7, 11) is 0. The van der Waals surface area contributed by atoms with Crippen LogP contribution in [0.5, 0.6) is 0 Å². The number of hydrogen-bond acceptors (Lipinski definition) is 3. The fourth-order valence-electron chi connectivity index (χ4n) is 1.64. The first-order chi connectivity index (χ1) is 7.49. The molecule has 0 aliphatic rings. The summed E-state index contributed by atoms with van der Waals surface area (Å²) < 4.78 is 0. The van der Waals surface area contributed by atoms with Crippen LogP contribution >= 0.6 is 11.3 Å². The summed E-state index contributed by atoms with van der Waals surface area (Å²) in [6.45, 7) is 5.42. The standard InChI is InChI=1S/C11H15NO3S/c1-4-12(8(3)13)9(11(14)15)10-7(2)5-6-16-10/h5-6,9H,4H2,1-3H3,(H,14,15). The number of carbonyl (C=O) groups is 2. The van der Waals surface area contributed by atoms with E-state index in [9.17, 15) is 14.7 Å². The summed E-state index contributed by atoms with van der Waals surface area (Å²) >= 11 is 1.37. The van der Waals surface area contributed by atoms with Gasteiger partial charge in [0.1, 0.15) is 0 Å². The van der Waals surface area contributed by atoms with Gasteiger partial charge in [-0.3, -0.25) is 4.79 Å². The smallest absolute Gasteiger partial charge is 0.331 e. The molecule has 16 heavy (non-hydrogen) atoms. The van der Waals surface area contributed by atoms with E-state index in [1.165, 1.54) is 23.2 Å². The first kappa shape index (κ1) is 12.7. The molecule has 0 aliphatic carbocycles. The molecule has 1 amide bonds. The van der Waals surface area contributed by atoms with Crippen LogP contribution < -0.4 is 0 Å². The van der Waals surface area contributed by atoms with E-state index in [1.54, 1.807) is 6.92 Å². The molecule has 1 heterocycles. The van der Waals surface area contributed by atoms with Crippen LogP contribution in [0.1, 0.15) is 30.3 Å². The van der Waals surface area contributed by atoms with E-state index in [0.717, 1.165) is 10.4 Å². The molecule has 0 aliphatic heterocycles. The second-order valence-corrected chi connectivity index (χ2v) is 4.46. The van der Waals surface area contributed by atoms with Gasteiger partial charge in [0.05, 0.1) is 0 Å². The molecule has 0 fully saturated rings. The van der Waals surface area contributed by atoms with Crippen molar-refractivity contribution in [1.82, 2.24) is 4.90 Å². The molecular formula is C11H15NO3S. The monoisotopic (exact) mass is 241 g/mol. The molecule has 88 valence electrons. The normalized spacial score (nSPS) is 12.2. The van der Waals surface area contributed by atoms with Crippen LogP contribution in [0.25, 0.3) is 0 Å². The van der Waals surface area contributed by atoms with Crippen molar-refractivity contribution in [2.45, 2.75) is 26.8 Å². The van der Waals surface area contributed by atoms with Crippen molar-refractivity contribution in [1.29, 1.82) is 0 Å². The molecule has 0 aromatic carbocycles. The summed E-state index contributed by atoms with van der Waals surface area (Å²) in [5, 5.41) is 11.1. The molecule has 1 aromatic rings. The number of likely N-dealkylation sites (N-methyl/N-ethyl adjacent to an activating group) is 1. The Labute approximate surface area is 98.5 Å². The van der Waals surface area contributed by atoms with Crippen LogP contribution in [0.2, 0.25) is 0 Å². The van der Waals surface area contributed by atoms with E-state index in [4.69, 9.17) is 0 Å². The Morgan fingerprint density at radius 2 is 2.19 bits per heavy atom. The highest BCUT2D eigenvalue weighted by Crippen LogP contribution is 2.29. The van der Waals surface area contributed by atoms with Crippen LogP contribution in [-0.2, 0) is 9.59 Å². The predicted octanol–water partition coefficient (Wildman–Crippen LogP) is 2.05. The highest BCUT2D eigenvalue weighted by atomic mass is 32.1.